The highest BCUT2D eigenvalue weighted by Crippen LogP contribution is 2.32. The van der Waals surface area contributed by atoms with Crippen LogP contribution < -0.4 is 5.32 Å². The van der Waals surface area contributed by atoms with Crippen molar-refractivity contribution in [2.75, 3.05) is 5.32 Å². The van der Waals surface area contributed by atoms with E-state index in [0.29, 0.717) is 5.56 Å². The fourth-order valence-corrected chi connectivity index (χ4v) is 4.31. The van der Waals surface area contributed by atoms with E-state index in [1.807, 2.05) is 30.3 Å². The van der Waals surface area contributed by atoms with Crippen LogP contribution in [0, 0.1) is 0 Å². The predicted octanol–water partition coefficient (Wildman–Crippen LogP) is 5.09. The number of rotatable bonds is 3. The van der Waals surface area contributed by atoms with Crippen LogP contribution in [-0.4, -0.2) is 5.91 Å². The zero-order valence-corrected chi connectivity index (χ0v) is 13.7. The van der Waals surface area contributed by atoms with E-state index in [1.165, 1.54) is 16.9 Å². The number of carbonyl (C=O) groups excluding carboxylic acids is 1. The minimum absolute atomic E-state index is 0.104. The topological polar surface area (TPSA) is 29.1 Å². The van der Waals surface area contributed by atoms with Crippen molar-refractivity contribution in [2.24, 2.45) is 0 Å². The molecule has 0 spiro atoms. The van der Waals surface area contributed by atoms with Gasteiger partial charge in [-0.3, -0.25) is 4.79 Å². The Morgan fingerprint density at radius 3 is 2.44 bits per heavy atom. The summed E-state index contributed by atoms with van der Waals surface area (Å²) >= 11 is 8.23. The van der Waals surface area contributed by atoms with Crippen LogP contribution in [0.25, 0.3) is 0 Å². The maximum absolute atomic E-state index is 12.0. The van der Waals surface area contributed by atoms with E-state index in [2.05, 4.69) is 44.1 Å². The Labute approximate surface area is 127 Å². The molecule has 1 amide bonds. The number of benzene rings is 1. The van der Waals surface area contributed by atoms with Gasteiger partial charge in [-0.2, -0.15) is 0 Å². The Morgan fingerprint density at radius 2 is 1.94 bits per heavy atom. The normalized spacial score (nSPS) is 10.4. The molecular formula is C13H11Br2NOS. The second-order valence-electron chi connectivity index (χ2n) is 3.74. The lowest BCUT2D eigenvalue weighted by molar-refractivity contribution is 0.102. The van der Waals surface area contributed by atoms with Gasteiger partial charge in [0.25, 0.3) is 5.91 Å². The Balaban J connectivity index is 2.13. The van der Waals surface area contributed by atoms with Crippen LogP contribution in [0.2, 0.25) is 0 Å². The zero-order valence-electron chi connectivity index (χ0n) is 9.67. The summed E-state index contributed by atoms with van der Waals surface area (Å²) in [7, 11) is 0. The first-order valence-electron chi connectivity index (χ1n) is 5.45. The minimum atomic E-state index is -0.104. The van der Waals surface area contributed by atoms with Gasteiger partial charge in [-0.25, -0.2) is 0 Å². The van der Waals surface area contributed by atoms with Crippen LogP contribution in [0.4, 0.5) is 5.69 Å². The molecule has 2 aromatic rings. The third kappa shape index (κ3) is 3.22. The van der Waals surface area contributed by atoms with Gasteiger partial charge in [0, 0.05) is 5.69 Å². The first-order valence-corrected chi connectivity index (χ1v) is 7.85. The molecule has 94 valence electrons. The molecule has 0 aliphatic heterocycles. The smallest absolute Gasteiger partial charge is 0.257 e. The number of anilines is 1. The number of carbonyl (C=O) groups is 1. The van der Waals surface area contributed by atoms with Crippen LogP contribution in [0.15, 0.2) is 37.9 Å². The van der Waals surface area contributed by atoms with E-state index in [1.54, 1.807) is 0 Å². The van der Waals surface area contributed by atoms with Gasteiger partial charge in [-0.1, -0.05) is 19.1 Å². The lowest BCUT2D eigenvalue weighted by atomic mass is 10.1. The summed E-state index contributed by atoms with van der Waals surface area (Å²) in [5, 5.41) is 2.88. The summed E-state index contributed by atoms with van der Waals surface area (Å²) in [4.78, 5) is 12.0. The molecule has 0 bridgehead atoms. The maximum Gasteiger partial charge on any atom is 0.257 e. The summed E-state index contributed by atoms with van der Waals surface area (Å²) in [5.41, 5.74) is 2.71. The fourth-order valence-electron chi connectivity index (χ4n) is 1.52. The van der Waals surface area contributed by atoms with Crippen LogP contribution in [0.3, 0.4) is 0 Å². The third-order valence-electron chi connectivity index (χ3n) is 2.52. The predicted molar refractivity (Wildman–Crippen MR) is 83.5 cm³/mol. The zero-order chi connectivity index (χ0) is 13.1. The molecule has 0 saturated carbocycles. The molecule has 2 rings (SSSR count). The molecule has 1 aromatic carbocycles. The Bertz CT molecular complexity index is 563. The van der Waals surface area contributed by atoms with Crippen molar-refractivity contribution in [3.05, 3.63) is 49.0 Å². The fraction of sp³-hybridized carbons (Fsp3) is 0.154. The molecular weight excluding hydrogens is 378 g/mol. The van der Waals surface area contributed by atoms with Crippen molar-refractivity contribution >= 4 is 54.8 Å². The van der Waals surface area contributed by atoms with E-state index in [9.17, 15) is 4.79 Å². The summed E-state index contributed by atoms with van der Waals surface area (Å²) in [6.45, 7) is 2.10. The van der Waals surface area contributed by atoms with Crippen LogP contribution in [0.1, 0.15) is 22.8 Å². The molecule has 0 radical (unpaired) electrons. The van der Waals surface area contributed by atoms with E-state index in [-0.39, 0.29) is 5.91 Å². The lowest BCUT2D eigenvalue weighted by Crippen LogP contribution is -2.11. The molecule has 0 fully saturated rings. The van der Waals surface area contributed by atoms with Crippen LogP contribution in [-0.2, 0) is 6.42 Å². The quantitative estimate of drug-likeness (QED) is 0.779. The van der Waals surface area contributed by atoms with Crippen molar-refractivity contribution < 1.29 is 4.79 Å². The number of aryl methyl sites for hydroxylation is 1. The molecule has 0 aliphatic rings. The number of nitrogens with one attached hydrogen (secondary N) is 1. The highest BCUT2D eigenvalue weighted by Gasteiger charge is 2.13. The monoisotopic (exact) mass is 387 g/mol. The average molecular weight is 389 g/mol. The van der Waals surface area contributed by atoms with Gasteiger partial charge in [0.15, 0.2) is 0 Å². The molecule has 0 aliphatic carbocycles. The number of halogens is 2. The molecule has 0 saturated heterocycles. The van der Waals surface area contributed by atoms with Crippen molar-refractivity contribution in [3.63, 3.8) is 0 Å². The van der Waals surface area contributed by atoms with Gasteiger partial charge in [-0.15, -0.1) is 11.3 Å². The first kappa shape index (κ1) is 13.8. The molecule has 2 nitrogen and oxygen atoms in total. The van der Waals surface area contributed by atoms with E-state index in [0.717, 1.165) is 19.7 Å². The van der Waals surface area contributed by atoms with Gasteiger partial charge in [-0.05, 0) is 62.0 Å². The third-order valence-corrected chi connectivity index (χ3v) is 4.86. The van der Waals surface area contributed by atoms with Crippen molar-refractivity contribution in [1.82, 2.24) is 0 Å². The second-order valence-corrected chi connectivity index (χ2v) is 7.49. The van der Waals surface area contributed by atoms with Crippen molar-refractivity contribution in [2.45, 2.75) is 13.3 Å². The highest BCUT2D eigenvalue weighted by atomic mass is 79.9. The average Bonchev–Trinajstić information content (AvgIpc) is 2.69. The SMILES string of the molecule is CCc1ccc(NC(=O)c2cc(Br)sc2Br)cc1. The van der Waals surface area contributed by atoms with E-state index in [4.69, 9.17) is 0 Å². The summed E-state index contributed by atoms with van der Waals surface area (Å²) in [6.07, 6.45) is 0.997. The highest BCUT2D eigenvalue weighted by molar-refractivity contribution is 9.12. The Kier molecular flexibility index (Phi) is 4.59. The minimum Gasteiger partial charge on any atom is -0.322 e. The largest absolute Gasteiger partial charge is 0.322 e. The number of amides is 1. The number of hydrogen-bond donors (Lipinski definition) is 1. The Morgan fingerprint density at radius 1 is 1.28 bits per heavy atom. The van der Waals surface area contributed by atoms with Gasteiger partial charge < -0.3 is 5.32 Å². The summed E-state index contributed by atoms with van der Waals surface area (Å²) < 4.78 is 1.76. The summed E-state index contributed by atoms with van der Waals surface area (Å²) in [5.74, 6) is -0.104. The van der Waals surface area contributed by atoms with Gasteiger partial charge >= 0.3 is 0 Å². The second kappa shape index (κ2) is 5.99. The summed E-state index contributed by atoms with van der Waals surface area (Å²) in [6, 6.07) is 9.70. The van der Waals surface area contributed by atoms with Gasteiger partial charge in [0.2, 0.25) is 0 Å². The van der Waals surface area contributed by atoms with Crippen LogP contribution in [0.5, 0.6) is 0 Å². The van der Waals surface area contributed by atoms with Gasteiger partial charge in [0.1, 0.15) is 0 Å². The molecule has 1 aromatic heterocycles. The van der Waals surface area contributed by atoms with Crippen molar-refractivity contribution in [3.8, 4) is 0 Å². The van der Waals surface area contributed by atoms with Crippen molar-refractivity contribution in [1.29, 1.82) is 0 Å². The van der Waals surface area contributed by atoms with E-state index >= 15 is 0 Å². The lowest BCUT2D eigenvalue weighted by Gasteiger charge is -2.05. The van der Waals surface area contributed by atoms with Gasteiger partial charge in [0.05, 0.1) is 13.1 Å². The van der Waals surface area contributed by atoms with Crippen LogP contribution >= 0.6 is 43.2 Å². The molecule has 1 N–H and O–H groups in total. The number of hydrogen-bond acceptors (Lipinski definition) is 2. The first-order chi connectivity index (χ1) is 8.60. The standard InChI is InChI=1S/C13H11Br2NOS/c1-2-8-3-5-9(6-4-8)16-13(17)10-7-11(14)18-12(10)15/h3-7H,2H2,1H3,(H,16,17). The molecule has 18 heavy (non-hydrogen) atoms. The maximum atomic E-state index is 12.0. The molecule has 5 heteroatoms. The molecule has 1 heterocycles. The van der Waals surface area contributed by atoms with E-state index < -0.39 is 0 Å². The number of thiophene rings is 1. The molecule has 0 atom stereocenters. The Hall–Kier alpha value is -0.650. The molecule has 0 unspecified atom stereocenters.